The molecule has 0 radical (unpaired) electrons. The fourth-order valence-corrected chi connectivity index (χ4v) is 1.68. The molecule has 15 heavy (non-hydrogen) atoms. The van der Waals surface area contributed by atoms with E-state index >= 15 is 0 Å². The average Bonchev–Trinajstić information content (AvgIpc) is 2.19. The van der Waals surface area contributed by atoms with Crippen LogP contribution in [0.25, 0.3) is 0 Å². The second-order valence-electron chi connectivity index (χ2n) is 2.97. The third-order valence-electron chi connectivity index (χ3n) is 1.85. The predicted octanol–water partition coefficient (Wildman–Crippen LogP) is 3.27. The van der Waals surface area contributed by atoms with Gasteiger partial charge in [0.25, 0.3) is 6.43 Å². The minimum absolute atomic E-state index is 0.354. The molecule has 0 bridgehead atoms. The van der Waals surface area contributed by atoms with Crippen molar-refractivity contribution in [3.05, 3.63) is 28.2 Å². The molecule has 1 N–H and O–H groups in total. The molecule has 84 valence electrons. The Morgan fingerprint density at radius 3 is 2.80 bits per heavy atom. The van der Waals surface area contributed by atoms with Gasteiger partial charge in [0.1, 0.15) is 0 Å². The summed E-state index contributed by atoms with van der Waals surface area (Å²) in [4.78, 5) is 0. The van der Waals surface area contributed by atoms with Crippen LogP contribution in [0.4, 0.5) is 14.5 Å². The third kappa shape index (κ3) is 3.76. The van der Waals surface area contributed by atoms with E-state index in [0.29, 0.717) is 12.3 Å². The van der Waals surface area contributed by atoms with Crippen LogP contribution in [0.3, 0.4) is 0 Å². The molecule has 0 aliphatic carbocycles. The van der Waals surface area contributed by atoms with Crippen LogP contribution in [0, 0.1) is 0 Å². The lowest BCUT2D eigenvalue weighted by molar-refractivity contribution is 0.163. The second-order valence-corrected chi connectivity index (χ2v) is 3.83. The van der Waals surface area contributed by atoms with E-state index in [1.807, 2.05) is 6.07 Å². The first kappa shape index (κ1) is 12.4. The molecule has 0 aliphatic heterocycles. The van der Waals surface area contributed by atoms with E-state index in [4.69, 9.17) is 4.74 Å². The van der Waals surface area contributed by atoms with E-state index in [-0.39, 0.29) is 6.54 Å². The molecule has 0 fully saturated rings. The quantitative estimate of drug-likeness (QED) is 0.893. The van der Waals surface area contributed by atoms with Gasteiger partial charge in [-0.05, 0) is 12.1 Å². The Labute approximate surface area is 95.8 Å². The highest BCUT2D eigenvalue weighted by Crippen LogP contribution is 2.25. The van der Waals surface area contributed by atoms with Gasteiger partial charge in [-0.25, -0.2) is 8.78 Å². The summed E-state index contributed by atoms with van der Waals surface area (Å²) in [6.07, 6.45) is -2.36. The summed E-state index contributed by atoms with van der Waals surface area (Å²) in [5.74, 6) is 0. The highest BCUT2D eigenvalue weighted by molar-refractivity contribution is 9.10. The maximum absolute atomic E-state index is 12.0. The molecule has 0 saturated carbocycles. The van der Waals surface area contributed by atoms with Gasteiger partial charge in [0, 0.05) is 22.8 Å². The largest absolute Gasteiger partial charge is 0.380 e. The molecule has 0 heterocycles. The van der Waals surface area contributed by atoms with Crippen LogP contribution in [0.15, 0.2) is 22.7 Å². The summed E-state index contributed by atoms with van der Waals surface area (Å²) in [6, 6.07) is 5.39. The standard InChI is InChI=1S/C10H12BrF2NO/c1-15-6-7-8(11)3-2-4-9(7)14-5-10(12)13/h2-4,10,14H,5-6H2,1H3. The smallest absolute Gasteiger partial charge is 0.255 e. The zero-order valence-corrected chi connectivity index (χ0v) is 9.85. The number of halogens is 3. The molecule has 1 aromatic rings. The van der Waals surface area contributed by atoms with E-state index in [2.05, 4.69) is 21.2 Å². The first-order valence-electron chi connectivity index (χ1n) is 4.43. The molecule has 1 aromatic carbocycles. The van der Waals surface area contributed by atoms with Gasteiger partial charge in [-0.1, -0.05) is 22.0 Å². The Hall–Kier alpha value is -0.680. The zero-order valence-electron chi connectivity index (χ0n) is 8.27. The van der Waals surface area contributed by atoms with Gasteiger partial charge in [-0.2, -0.15) is 0 Å². The number of nitrogens with one attached hydrogen (secondary N) is 1. The van der Waals surface area contributed by atoms with Crippen molar-refractivity contribution in [3.8, 4) is 0 Å². The third-order valence-corrected chi connectivity index (χ3v) is 2.60. The summed E-state index contributed by atoms with van der Waals surface area (Å²) >= 11 is 3.35. The lowest BCUT2D eigenvalue weighted by atomic mass is 10.2. The Kier molecular flexibility index (Phi) is 4.98. The van der Waals surface area contributed by atoms with Crippen molar-refractivity contribution in [1.82, 2.24) is 0 Å². The van der Waals surface area contributed by atoms with Crippen LogP contribution in [0.1, 0.15) is 5.56 Å². The molecule has 0 atom stereocenters. The Morgan fingerprint density at radius 2 is 2.20 bits per heavy atom. The molecule has 0 saturated heterocycles. The monoisotopic (exact) mass is 279 g/mol. The van der Waals surface area contributed by atoms with E-state index in [1.54, 1.807) is 19.2 Å². The van der Waals surface area contributed by atoms with Crippen LogP contribution in [0.5, 0.6) is 0 Å². The molecular weight excluding hydrogens is 268 g/mol. The maximum atomic E-state index is 12.0. The van der Waals surface area contributed by atoms with Crippen LogP contribution >= 0.6 is 15.9 Å². The van der Waals surface area contributed by atoms with E-state index in [1.165, 1.54) is 0 Å². The summed E-state index contributed by atoms with van der Waals surface area (Å²) in [6.45, 7) is 0.0279. The van der Waals surface area contributed by atoms with E-state index in [9.17, 15) is 8.78 Å². The summed E-state index contributed by atoms with van der Waals surface area (Å²) in [5.41, 5.74) is 1.52. The topological polar surface area (TPSA) is 21.3 Å². The lowest BCUT2D eigenvalue weighted by Gasteiger charge is -2.12. The number of benzene rings is 1. The van der Waals surface area contributed by atoms with Gasteiger partial charge in [0.2, 0.25) is 0 Å². The highest BCUT2D eigenvalue weighted by atomic mass is 79.9. The lowest BCUT2D eigenvalue weighted by Crippen LogP contribution is -2.12. The highest BCUT2D eigenvalue weighted by Gasteiger charge is 2.08. The molecule has 0 amide bonds. The van der Waals surface area contributed by atoms with Gasteiger partial charge in [0.15, 0.2) is 0 Å². The number of ether oxygens (including phenoxy) is 1. The van der Waals surface area contributed by atoms with Gasteiger partial charge in [-0.3, -0.25) is 0 Å². The number of alkyl halides is 2. The van der Waals surface area contributed by atoms with E-state index in [0.717, 1.165) is 10.0 Å². The molecule has 2 nitrogen and oxygen atoms in total. The van der Waals surface area contributed by atoms with E-state index < -0.39 is 6.43 Å². The Bertz CT molecular complexity index is 320. The fraction of sp³-hybridized carbons (Fsp3) is 0.400. The number of hydrogen-bond donors (Lipinski definition) is 1. The molecule has 0 aromatic heterocycles. The van der Waals surface area contributed by atoms with Crippen molar-refractivity contribution < 1.29 is 13.5 Å². The first-order valence-corrected chi connectivity index (χ1v) is 5.22. The van der Waals surface area contributed by atoms with Crippen LogP contribution in [-0.4, -0.2) is 20.1 Å². The van der Waals surface area contributed by atoms with Crippen molar-refractivity contribution in [1.29, 1.82) is 0 Å². The molecular formula is C10H12BrF2NO. The number of hydrogen-bond acceptors (Lipinski definition) is 2. The minimum Gasteiger partial charge on any atom is -0.380 e. The van der Waals surface area contributed by atoms with Crippen molar-refractivity contribution in [3.63, 3.8) is 0 Å². The summed E-state index contributed by atoms with van der Waals surface area (Å²) in [7, 11) is 1.57. The van der Waals surface area contributed by atoms with Gasteiger partial charge in [-0.15, -0.1) is 0 Å². The van der Waals surface area contributed by atoms with Crippen LogP contribution in [0.2, 0.25) is 0 Å². The maximum Gasteiger partial charge on any atom is 0.255 e. The second kappa shape index (κ2) is 6.02. The van der Waals surface area contributed by atoms with Gasteiger partial charge < -0.3 is 10.1 Å². The van der Waals surface area contributed by atoms with Gasteiger partial charge in [0.05, 0.1) is 13.2 Å². The normalized spacial score (nSPS) is 10.7. The number of methoxy groups -OCH3 is 1. The molecule has 1 rings (SSSR count). The zero-order chi connectivity index (χ0) is 11.3. The average molecular weight is 280 g/mol. The minimum atomic E-state index is -2.36. The van der Waals surface area contributed by atoms with Crippen molar-refractivity contribution >= 4 is 21.6 Å². The predicted molar refractivity (Wildman–Crippen MR) is 59.3 cm³/mol. The fourth-order valence-electron chi connectivity index (χ4n) is 1.20. The van der Waals surface area contributed by atoms with Gasteiger partial charge >= 0.3 is 0 Å². The molecule has 0 aliphatic rings. The Morgan fingerprint density at radius 1 is 1.47 bits per heavy atom. The van der Waals surface area contributed by atoms with Crippen molar-refractivity contribution in [2.24, 2.45) is 0 Å². The molecule has 5 heteroatoms. The van der Waals surface area contributed by atoms with Crippen LogP contribution in [-0.2, 0) is 11.3 Å². The van der Waals surface area contributed by atoms with Crippen LogP contribution < -0.4 is 5.32 Å². The number of anilines is 1. The number of rotatable bonds is 5. The van der Waals surface area contributed by atoms with Crippen molar-refractivity contribution in [2.45, 2.75) is 13.0 Å². The van der Waals surface area contributed by atoms with Crippen molar-refractivity contribution in [2.75, 3.05) is 19.0 Å². The molecule has 0 spiro atoms. The first-order chi connectivity index (χ1) is 7.15. The molecule has 0 unspecified atom stereocenters. The SMILES string of the molecule is COCc1c(Br)cccc1NCC(F)F. The Balaban J connectivity index is 2.80. The summed E-state index contributed by atoms with van der Waals surface area (Å²) in [5, 5.41) is 2.68. The summed E-state index contributed by atoms with van der Waals surface area (Å²) < 4.78 is 29.9.